The van der Waals surface area contributed by atoms with E-state index in [4.69, 9.17) is 16.3 Å². The Morgan fingerprint density at radius 3 is 2.85 bits per heavy atom. The Morgan fingerprint density at radius 2 is 2.15 bits per heavy atom. The van der Waals surface area contributed by atoms with Crippen molar-refractivity contribution in [3.8, 4) is 17.0 Å². The number of carbonyl (C=O) groups excluding carboxylic acids is 1. The molecule has 5 nitrogen and oxygen atoms in total. The smallest absolute Gasteiger partial charge is 0.261 e. The maximum Gasteiger partial charge on any atom is 0.261 e. The minimum absolute atomic E-state index is 0.115. The van der Waals surface area contributed by atoms with Gasteiger partial charge in [-0.15, -0.1) is 11.3 Å². The first-order valence-corrected chi connectivity index (χ1v) is 9.47. The number of thiazole rings is 1. The number of pyridine rings is 1. The fourth-order valence-corrected chi connectivity index (χ4v) is 3.39. The standard InChI is InChI=1S/C19H17ClFN3O2S/c1-11(19-24-16(10-27-19)13-4-3-7-22-9-13)23-18(25)12(2)26-17-6-5-14(21)8-15(17)20/h3-12H,1-2H3,(H,23,25). The number of hydrogen-bond acceptors (Lipinski definition) is 5. The largest absolute Gasteiger partial charge is 0.479 e. The van der Waals surface area contributed by atoms with Gasteiger partial charge in [0.1, 0.15) is 16.6 Å². The van der Waals surface area contributed by atoms with Crippen molar-refractivity contribution < 1.29 is 13.9 Å². The third-order valence-corrected chi connectivity index (χ3v) is 5.10. The zero-order chi connectivity index (χ0) is 19.4. The molecule has 3 rings (SSSR count). The number of nitrogens with zero attached hydrogens (tertiary/aromatic N) is 2. The van der Waals surface area contributed by atoms with Crippen LogP contribution < -0.4 is 10.1 Å². The summed E-state index contributed by atoms with van der Waals surface area (Å²) in [7, 11) is 0. The number of carbonyl (C=O) groups is 1. The lowest BCUT2D eigenvalue weighted by Gasteiger charge is -2.18. The highest BCUT2D eigenvalue weighted by molar-refractivity contribution is 7.10. The van der Waals surface area contributed by atoms with Crippen LogP contribution in [0, 0.1) is 5.82 Å². The van der Waals surface area contributed by atoms with Gasteiger partial charge in [-0.2, -0.15) is 0 Å². The molecular weight excluding hydrogens is 389 g/mol. The second kappa shape index (κ2) is 8.45. The van der Waals surface area contributed by atoms with Gasteiger partial charge in [-0.3, -0.25) is 9.78 Å². The number of amides is 1. The molecule has 0 radical (unpaired) electrons. The molecule has 0 aliphatic rings. The molecule has 0 bridgehead atoms. The molecule has 1 aromatic carbocycles. The Balaban J connectivity index is 1.62. The first kappa shape index (κ1) is 19.3. The monoisotopic (exact) mass is 405 g/mol. The molecule has 27 heavy (non-hydrogen) atoms. The summed E-state index contributed by atoms with van der Waals surface area (Å²) in [5.74, 6) is -0.534. The van der Waals surface area contributed by atoms with Crippen molar-refractivity contribution in [1.82, 2.24) is 15.3 Å². The van der Waals surface area contributed by atoms with E-state index in [0.717, 1.165) is 22.3 Å². The van der Waals surface area contributed by atoms with Crippen molar-refractivity contribution in [2.45, 2.75) is 26.0 Å². The number of ether oxygens (including phenoxy) is 1. The van der Waals surface area contributed by atoms with E-state index in [2.05, 4.69) is 15.3 Å². The maximum absolute atomic E-state index is 13.1. The van der Waals surface area contributed by atoms with Crippen LogP contribution in [0.25, 0.3) is 11.3 Å². The van der Waals surface area contributed by atoms with E-state index in [-0.39, 0.29) is 22.7 Å². The molecule has 0 saturated carbocycles. The van der Waals surface area contributed by atoms with Gasteiger partial charge in [0.05, 0.1) is 16.8 Å². The molecule has 0 fully saturated rings. The molecular formula is C19H17ClFN3O2S. The molecule has 0 spiro atoms. The second-order valence-electron chi connectivity index (χ2n) is 5.88. The summed E-state index contributed by atoms with van der Waals surface area (Å²) in [6, 6.07) is 7.24. The van der Waals surface area contributed by atoms with Crippen LogP contribution in [0.5, 0.6) is 5.75 Å². The minimum Gasteiger partial charge on any atom is -0.479 e. The summed E-state index contributed by atoms with van der Waals surface area (Å²) >= 11 is 7.39. The average Bonchev–Trinajstić information content (AvgIpc) is 3.15. The van der Waals surface area contributed by atoms with Gasteiger partial charge in [0, 0.05) is 23.3 Å². The van der Waals surface area contributed by atoms with E-state index in [1.165, 1.54) is 23.5 Å². The first-order valence-electron chi connectivity index (χ1n) is 8.22. The molecule has 1 N–H and O–H groups in total. The van der Waals surface area contributed by atoms with Gasteiger partial charge in [0.25, 0.3) is 5.91 Å². The van der Waals surface area contributed by atoms with Gasteiger partial charge >= 0.3 is 0 Å². The van der Waals surface area contributed by atoms with E-state index in [9.17, 15) is 9.18 Å². The zero-order valence-electron chi connectivity index (χ0n) is 14.6. The van der Waals surface area contributed by atoms with Crippen molar-refractivity contribution in [1.29, 1.82) is 0 Å². The molecule has 0 saturated heterocycles. The molecule has 8 heteroatoms. The third kappa shape index (κ3) is 4.81. The van der Waals surface area contributed by atoms with Gasteiger partial charge in [-0.05, 0) is 44.2 Å². The zero-order valence-corrected chi connectivity index (χ0v) is 16.2. The SMILES string of the molecule is CC(Oc1ccc(F)cc1Cl)C(=O)NC(C)c1nc(-c2cccnc2)cs1. The minimum atomic E-state index is -0.798. The topological polar surface area (TPSA) is 64.1 Å². The number of hydrogen-bond donors (Lipinski definition) is 1. The number of halogens is 2. The fraction of sp³-hybridized carbons (Fsp3) is 0.211. The number of nitrogens with one attached hydrogen (secondary N) is 1. The molecule has 2 aromatic heterocycles. The fourth-order valence-electron chi connectivity index (χ4n) is 2.34. The summed E-state index contributed by atoms with van der Waals surface area (Å²) in [6.45, 7) is 3.45. The summed E-state index contributed by atoms with van der Waals surface area (Å²) in [5.41, 5.74) is 1.73. The van der Waals surface area contributed by atoms with Gasteiger partial charge in [0.15, 0.2) is 6.10 Å². The van der Waals surface area contributed by atoms with E-state index in [1.54, 1.807) is 19.3 Å². The maximum atomic E-state index is 13.1. The Kier molecular flexibility index (Phi) is 6.03. The number of rotatable bonds is 6. The van der Waals surface area contributed by atoms with Crippen molar-refractivity contribution >= 4 is 28.8 Å². The predicted octanol–water partition coefficient (Wildman–Crippen LogP) is 4.64. The predicted molar refractivity (Wildman–Crippen MR) is 103 cm³/mol. The van der Waals surface area contributed by atoms with E-state index in [1.807, 2.05) is 24.4 Å². The third-order valence-electron chi connectivity index (χ3n) is 3.78. The lowest BCUT2D eigenvalue weighted by Crippen LogP contribution is -2.37. The van der Waals surface area contributed by atoms with Gasteiger partial charge in [-0.1, -0.05) is 11.6 Å². The number of benzene rings is 1. The van der Waals surface area contributed by atoms with Crippen molar-refractivity contribution in [3.05, 3.63) is 64.0 Å². The van der Waals surface area contributed by atoms with E-state index >= 15 is 0 Å². The quantitative estimate of drug-likeness (QED) is 0.648. The molecule has 2 heterocycles. The normalized spacial score (nSPS) is 13.0. The van der Waals surface area contributed by atoms with Gasteiger partial charge in [-0.25, -0.2) is 9.37 Å². The molecule has 1 amide bonds. The van der Waals surface area contributed by atoms with Crippen LogP contribution in [0.2, 0.25) is 5.02 Å². The van der Waals surface area contributed by atoms with Crippen molar-refractivity contribution in [2.24, 2.45) is 0 Å². The molecule has 2 atom stereocenters. The number of aromatic nitrogens is 2. The van der Waals surface area contributed by atoms with Crippen LogP contribution in [0.15, 0.2) is 48.1 Å². The summed E-state index contributed by atoms with van der Waals surface area (Å²) < 4.78 is 18.6. The van der Waals surface area contributed by atoms with Gasteiger partial charge in [0.2, 0.25) is 0 Å². The lowest BCUT2D eigenvalue weighted by atomic mass is 10.2. The molecule has 140 valence electrons. The first-order chi connectivity index (χ1) is 12.9. The highest BCUT2D eigenvalue weighted by atomic mass is 35.5. The Morgan fingerprint density at radius 1 is 1.33 bits per heavy atom. The van der Waals surface area contributed by atoms with Gasteiger partial charge < -0.3 is 10.1 Å². The Bertz CT molecular complexity index is 936. The molecule has 0 aliphatic carbocycles. The van der Waals surface area contributed by atoms with E-state index in [0.29, 0.717) is 0 Å². The molecule has 0 aliphatic heterocycles. The van der Waals surface area contributed by atoms with Crippen LogP contribution in [0.1, 0.15) is 24.9 Å². The summed E-state index contributed by atoms with van der Waals surface area (Å²) in [6.07, 6.45) is 2.65. The summed E-state index contributed by atoms with van der Waals surface area (Å²) in [5, 5.41) is 5.67. The van der Waals surface area contributed by atoms with E-state index < -0.39 is 11.9 Å². The van der Waals surface area contributed by atoms with Crippen LogP contribution in [0.3, 0.4) is 0 Å². The highest BCUT2D eigenvalue weighted by Gasteiger charge is 2.20. The summed E-state index contributed by atoms with van der Waals surface area (Å²) in [4.78, 5) is 21.0. The Hall–Kier alpha value is -2.51. The second-order valence-corrected chi connectivity index (χ2v) is 7.17. The van der Waals surface area contributed by atoms with Crippen LogP contribution in [-0.2, 0) is 4.79 Å². The molecule has 2 unspecified atom stereocenters. The molecule has 3 aromatic rings. The van der Waals surface area contributed by atoms with Crippen molar-refractivity contribution in [3.63, 3.8) is 0 Å². The van der Waals surface area contributed by atoms with Crippen molar-refractivity contribution in [2.75, 3.05) is 0 Å². The van der Waals surface area contributed by atoms with Crippen LogP contribution in [-0.4, -0.2) is 22.0 Å². The highest BCUT2D eigenvalue weighted by Crippen LogP contribution is 2.27. The Labute approximate surface area is 165 Å². The van der Waals surface area contributed by atoms with Crippen LogP contribution >= 0.6 is 22.9 Å². The van der Waals surface area contributed by atoms with Crippen LogP contribution in [0.4, 0.5) is 4.39 Å². The lowest BCUT2D eigenvalue weighted by molar-refractivity contribution is -0.127. The average molecular weight is 406 g/mol.